The Labute approximate surface area is 159 Å². The smallest absolute Gasteiger partial charge is 0.251 e. The molecule has 0 unspecified atom stereocenters. The molecular formula is C22H23NO4. The predicted molar refractivity (Wildman–Crippen MR) is 103 cm³/mol. The molecule has 1 aliphatic heterocycles. The predicted octanol–water partition coefficient (Wildman–Crippen LogP) is 2.77. The Kier molecular flexibility index (Phi) is 5.68. The molecular weight excluding hydrogens is 342 g/mol. The van der Waals surface area contributed by atoms with Crippen molar-refractivity contribution in [1.29, 1.82) is 0 Å². The molecule has 0 aliphatic carbocycles. The maximum absolute atomic E-state index is 12.4. The van der Waals surface area contributed by atoms with Crippen molar-refractivity contribution in [2.45, 2.75) is 32.0 Å². The molecule has 27 heavy (non-hydrogen) atoms. The lowest BCUT2D eigenvalue weighted by atomic mass is 10.1. The van der Waals surface area contributed by atoms with Gasteiger partial charge in [0.25, 0.3) is 5.91 Å². The van der Waals surface area contributed by atoms with Crippen LogP contribution in [-0.2, 0) is 0 Å². The highest BCUT2D eigenvalue weighted by molar-refractivity contribution is 5.94. The average molecular weight is 365 g/mol. The van der Waals surface area contributed by atoms with Crippen LogP contribution in [-0.4, -0.2) is 35.9 Å². The lowest BCUT2D eigenvalue weighted by molar-refractivity contribution is 0.0813. The van der Waals surface area contributed by atoms with Crippen molar-refractivity contribution >= 4 is 5.91 Å². The average Bonchev–Trinajstić information content (AvgIpc) is 2.66. The van der Waals surface area contributed by atoms with E-state index in [1.165, 1.54) is 0 Å². The fourth-order valence-electron chi connectivity index (χ4n) is 2.62. The van der Waals surface area contributed by atoms with Crippen molar-refractivity contribution in [2.75, 3.05) is 13.2 Å². The first-order valence-corrected chi connectivity index (χ1v) is 8.93. The number of rotatable bonds is 4. The molecule has 0 radical (unpaired) electrons. The quantitative estimate of drug-likeness (QED) is 0.818. The monoisotopic (exact) mass is 365 g/mol. The van der Waals surface area contributed by atoms with Gasteiger partial charge in [0, 0.05) is 24.1 Å². The molecule has 2 aromatic carbocycles. The third-order valence-electron chi connectivity index (χ3n) is 3.96. The number of hydrogen-bond acceptors (Lipinski definition) is 4. The molecule has 1 aliphatic rings. The van der Waals surface area contributed by atoms with Crippen LogP contribution in [0.3, 0.4) is 0 Å². The van der Waals surface area contributed by atoms with Crippen LogP contribution in [0.2, 0.25) is 0 Å². The van der Waals surface area contributed by atoms with E-state index in [1.54, 1.807) is 38.1 Å². The Morgan fingerprint density at radius 2 is 2.00 bits per heavy atom. The van der Waals surface area contributed by atoms with Gasteiger partial charge < -0.3 is 19.9 Å². The molecule has 0 fully saturated rings. The molecule has 2 aromatic rings. The van der Waals surface area contributed by atoms with Crippen LogP contribution < -0.4 is 14.8 Å². The zero-order chi connectivity index (χ0) is 19.3. The van der Waals surface area contributed by atoms with Crippen molar-refractivity contribution in [3.63, 3.8) is 0 Å². The Hall–Kier alpha value is -2.97. The number of amides is 1. The van der Waals surface area contributed by atoms with Gasteiger partial charge in [-0.15, -0.1) is 0 Å². The van der Waals surface area contributed by atoms with Gasteiger partial charge in [-0.3, -0.25) is 4.79 Å². The van der Waals surface area contributed by atoms with Crippen LogP contribution >= 0.6 is 0 Å². The summed E-state index contributed by atoms with van der Waals surface area (Å²) >= 11 is 0. The SMILES string of the molecule is CC(C)(O)C#Cc1cccc(C(=O)NCC[C@@H]2COc3ccccc3O2)c1. The summed E-state index contributed by atoms with van der Waals surface area (Å²) in [6.45, 7) is 4.18. The first kappa shape index (κ1) is 18.8. The van der Waals surface area contributed by atoms with Gasteiger partial charge in [0.2, 0.25) is 0 Å². The Bertz CT molecular complexity index is 874. The lowest BCUT2D eigenvalue weighted by Crippen LogP contribution is -2.34. The second kappa shape index (κ2) is 8.15. The molecule has 0 saturated heterocycles. The highest BCUT2D eigenvalue weighted by Gasteiger charge is 2.20. The molecule has 140 valence electrons. The van der Waals surface area contributed by atoms with Gasteiger partial charge in [0.05, 0.1) is 0 Å². The van der Waals surface area contributed by atoms with E-state index in [-0.39, 0.29) is 12.0 Å². The minimum atomic E-state index is -1.07. The van der Waals surface area contributed by atoms with Crippen LogP contribution in [0.5, 0.6) is 11.5 Å². The van der Waals surface area contributed by atoms with Crippen molar-refractivity contribution in [2.24, 2.45) is 0 Å². The number of hydrogen-bond donors (Lipinski definition) is 2. The maximum atomic E-state index is 12.4. The maximum Gasteiger partial charge on any atom is 0.251 e. The molecule has 0 spiro atoms. The number of fused-ring (bicyclic) bond motifs is 1. The van der Waals surface area contributed by atoms with Crippen LogP contribution in [0.1, 0.15) is 36.2 Å². The minimum Gasteiger partial charge on any atom is -0.486 e. The summed E-state index contributed by atoms with van der Waals surface area (Å²) in [5.74, 6) is 6.94. The molecule has 0 aromatic heterocycles. The van der Waals surface area contributed by atoms with Crippen LogP contribution in [0.4, 0.5) is 0 Å². The number of benzene rings is 2. The van der Waals surface area contributed by atoms with E-state index in [2.05, 4.69) is 17.2 Å². The van der Waals surface area contributed by atoms with Gasteiger partial charge in [-0.05, 0) is 44.2 Å². The van der Waals surface area contributed by atoms with Crippen LogP contribution in [0.25, 0.3) is 0 Å². The van der Waals surface area contributed by atoms with Gasteiger partial charge in [-0.2, -0.15) is 0 Å². The number of aliphatic hydroxyl groups is 1. The van der Waals surface area contributed by atoms with E-state index in [9.17, 15) is 9.90 Å². The van der Waals surface area contributed by atoms with Crippen LogP contribution in [0, 0.1) is 11.8 Å². The topological polar surface area (TPSA) is 67.8 Å². The number of carbonyl (C=O) groups is 1. The van der Waals surface area contributed by atoms with Gasteiger partial charge in [0.1, 0.15) is 18.3 Å². The highest BCUT2D eigenvalue weighted by Crippen LogP contribution is 2.31. The van der Waals surface area contributed by atoms with Gasteiger partial charge in [-0.25, -0.2) is 0 Å². The zero-order valence-corrected chi connectivity index (χ0v) is 15.5. The van der Waals surface area contributed by atoms with Gasteiger partial charge >= 0.3 is 0 Å². The summed E-state index contributed by atoms with van der Waals surface area (Å²) in [7, 11) is 0. The third kappa shape index (κ3) is 5.50. The number of ether oxygens (including phenoxy) is 2. The Balaban J connectivity index is 1.52. The molecule has 0 saturated carbocycles. The van der Waals surface area contributed by atoms with Crippen molar-refractivity contribution in [3.05, 3.63) is 59.7 Å². The molecule has 5 nitrogen and oxygen atoms in total. The normalized spacial score (nSPS) is 15.4. The second-order valence-corrected chi connectivity index (χ2v) is 6.93. The summed E-state index contributed by atoms with van der Waals surface area (Å²) < 4.78 is 11.6. The van der Waals surface area contributed by atoms with E-state index in [4.69, 9.17) is 9.47 Å². The zero-order valence-electron chi connectivity index (χ0n) is 15.5. The number of para-hydroxylation sites is 2. The Morgan fingerprint density at radius 3 is 2.78 bits per heavy atom. The Morgan fingerprint density at radius 1 is 1.22 bits per heavy atom. The summed E-state index contributed by atoms with van der Waals surface area (Å²) in [6, 6.07) is 14.6. The molecule has 5 heteroatoms. The summed E-state index contributed by atoms with van der Waals surface area (Å²) in [5.41, 5.74) is 0.146. The third-order valence-corrected chi connectivity index (χ3v) is 3.96. The van der Waals surface area contributed by atoms with E-state index >= 15 is 0 Å². The van der Waals surface area contributed by atoms with Crippen molar-refractivity contribution < 1.29 is 19.4 Å². The second-order valence-electron chi connectivity index (χ2n) is 6.93. The first-order chi connectivity index (χ1) is 12.9. The van der Waals surface area contributed by atoms with Gasteiger partial charge in [0.15, 0.2) is 11.5 Å². The minimum absolute atomic E-state index is 0.0933. The largest absolute Gasteiger partial charge is 0.486 e. The van der Waals surface area contributed by atoms with Crippen LogP contribution in [0.15, 0.2) is 48.5 Å². The standard InChI is InChI=1S/C22H23NO4/c1-22(2,25)12-10-16-6-5-7-17(14-16)21(24)23-13-11-18-15-26-19-8-3-4-9-20(19)27-18/h3-9,14,18,25H,11,13,15H2,1-2H3,(H,23,24)/t18-/m1/s1. The molecule has 1 amide bonds. The summed E-state index contributed by atoms with van der Waals surface area (Å²) in [6.07, 6.45) is 0.558. The van der Waals surface area contributed by atoms with Gasteiger partial charge in [-0.1, -0.05) is 30.0 Å². The van der Waals surface area contributed by atoms with E-state index in [0.717, 1.165) is 11.5 Å². The van der Waals surface area contributed by atoms with E-state index in [0.29, 0.717) is 30.7 Å². The van der Waals surface area contributed by atoms with Crippen molar-refractivity contribution in [1.82, 2.24) is 5.32 Å². The molecule has 1 heterocycles. The molecule has 0 bridgehead atoms. The first-order valence-electron chi connectivity index (χ1n) is 8.93. The fourth-order valence-corrected chi connectivity index (χ4v) is 2.62. The van der Waals surface area contributed by atoms with E-state index in [1.807, 2.05) is 24.3 Å². The number of nitrogens with one attached hydrogen (secondary N) is 1. The van der Waals surface area contributed by atoms with Crippen molar-refractivity contribution in [3.8, 4) is 23.3 Å². The lowest BCUT2D eigenvalue weighted by Gasteiger charge is -2.26. The fraction of sp³-hybridized carbons (Fsp3) is 0.318. The molecule has 2 N–H and O–H groups in total. The highest BCUT2D eigenvalue weighted by atomic mass is 16.6. The van der Waals surface area contributed by atoms with E-state index < -0.39 is 5.60 Å². The number of carbonyl (C=O) groups excluding carboxylic acids is 1. The summed E-state index contributed by atoms with van der Waals surface area (Å²) in [4.78, 5) is 12.4. The molecule has 3 rings (SSSR count). The summed E-state index contributed by atoms with van der Waals surface area (Å²) in [5, 5.41) is 12.6. The molecule has 1 atom stereocenters.